The summed E-state index contributed by atoms with van der Waals surface area (Å²) in [5.41, 5.74) is 0. The monoisotopic (exact) mass is 226 g/mol. The molecule has 0 fully saturated rings. The molecule has 2 heteroatoms. The van der Waals surface area contributed by atoms with Crippen molar-refractivity contribution in [3.63, 3.8) is 0 Å². The smallest absolute Gasteiger partial charge is 0.200 e. The Morgan fingerprint density at radius 2 is 1.67 bits per heavy atom. The van der Waals surface area contributed by atoms with Crippen LogP contribution in [0.1, 0.15) is 33.1 Å². The topological polar surface area (TPSA) is 9.23 Å². The molecule has 0 radical (unpaired) electrons. The average Bonchev–Trinajstić information content (AvgIpc) is 2.24. The predicted molar refractivity (Wildman–Crippen MR) is 71.7 cm³/mol. The normalized spacial score (nSPS) is 11.3. The van der Waals surface area contributed by atoms with E-state index < -0.39 is 8.32 Å². The highest BCUT2D eigenvalue weighted by molar-refractivity contribution is 6.74. The Morgan fingerprint density at radius 3 is 2.07 bits per heavy atom. The fourth-order valence-electron chi connectivity index (χ4n) is 1.82. The highest BCUT2D eigenvalue weighted by Gasteiger charge is 2.31. The molecule has 0 rings (SSSR count). The summed E-state index contributed by atoms with van der Waals surface area (Å²) in [5.74, 6) is 0. The molecule has 88 valence electrons. The molecule has 0 aromatic carbocycles. The molecule has 0 atom stereocenters. The van der Waals surface area contributed by atoms with Crippen molar-refractivity contribution < 1.29 is 4.43 Å². The molecule has 0 heterocycles. The van der Waals surface area contributed by atoms with Crippen LogP contribution in [0.5, 0.6) is 0 Å². The Bertz CT molecular complexity index is 157. The number of rotatable bonds is 10. The third-order valence-electron chi connectivity index (χ3n) is 2.63. The molecule has 0 unspecified atom stereocenters. The summed E-state index contributed by atoms with van der Waals surface area (Å²) in [4.78, 5) is 0. The molecule has 1 nitrogen and oxygen atoms in total. The van der Waals surface area contributed by atoms with Gasteiger partial charge in [0, 0.05) is 6.61 Å². The van der Waals surface area contributed by atoms with Crippen molar-refractivity contribution in [3.05, 3.63) is 25.3 Å². The van der Waals surface area contributed by atoms with Gasteiger partial charge in [-0.3, -0.25) is 0 Å². The van der Waals surface area contributed by atoms with Crippen molar-refractivity contribution in [1.29, 1.82) is 0 Å². The van der Waals surface area contributed by atoms with E-state index in [0.29, 0.717) is 0 Å². The molecule has 0 amide bonds. The highest BCUT2D eigenvalue weighted by Crippen LogP contribution is 2.26. The van der Waals surface area contributed by atoms with Gasteiger partial charge in [0.1, 0.15) is 0 Å². The molecule has 0 spiro atoms. The summed E-state index contributed by atoms with van der Waals surface area (Å²) in [6.07, 6.45) is 7.69. The average molecular weight is 226 g/mol. The maximum Gasteiger partial charge on any atom is 0.200 e. The van der Waals surface area contributed by atoms with Crippen LogP contribution in [0, 0.1) is 0 Å². The zero-order valence-corrected chi connectivity index (χ0v) is 11.4. The maximum atomic E-state index is 6.16. The van der Waals surface area contributed by atoms with Gasteiger partial charge in [-0.25, -0.2) is 0 Å². The van der Waals surface area contributed by atoms with Crippen LogP contribution in [0.4, 0.5) is 0 Å². The second kappa shape index (κ2) is 8.92. The molecule has 0 aromatic rings. The lowest BCUT2D eigenvalue weighted by Crippen LogP contribution is -2.37. The van der Waals surface area contributed by atoms with Gasteiger partial charge in [-0.05, 0) is 24.6 Å². The van der Waals surface area contributed by atoms with Crippen LogP contribution in [0.3, 0.4) is 0 Å². The van der Waals surface area contributed by atoms with Crippen molar-refractivity contribution >= 4 is 8.32 Å². The Kier molecular flexibility index (Phi) is 8.72. The van der Waals surface area contributed by atoms with Gasteiger partial charge >= 0.3 is 0 Å². The molecular weight excluding hydrogens is 200 g/mol. The fourth-order valence-corrected chi connectivity index (χ4v) is 5.46. The van der Waals surface area contributed by atoms with Gasteiger partial charge in [0.2, 0.25) is 0 Å². The van der Waals surface area contributed by atoms with Crippen LogP contribution in [-0.4, -0.2) is 14.9 Å². The van der Waals surface area contributed by atoms with E-state index in [9.17, 15) is 0 Å². The van der Waals surface area contributed by atoms with Crippen molar-refractivity contribution in [2.24, 2.45) is 0 Å². The van der Waals surface area contributed by atoms with Gasteiger partial charge in [-0.2, -0.15) is 0 Å². The van der Waals surface area contributed by atoms with Crippen molar-refractivity contribution in [2.45, 2.75) is 51.2 Å². The van der Waals surface area contributed by atoms with Crippen LogP contribution in [0.15, 0.2) is 25.3 Å². The van der Waals surface area contributed by atoms with Crippen LogP contribution >= 0.6 is 0 Å². The lowest BCUT2D eigenvalue weighted by atomic mass is 10.4. The first-order chi connectivity index (χ1) is 7.24. The van der Waals surface area contributed by atoms with Gasteiger partial charge in [0.15, 0.2) is 8.32 Å². The highest BCUT2D eigenvalue weighted by atomic mass is 28.4. The van der Waals surface area contributed by atoms with E-state index in [1.165, 1.54) is 18.9 Å². The Labute approximate surface area is 96.4 Å². The van der Waals surface area contributed by atoms with Gasteiger partial charge in [0.25, 0.3) is 0 Å². The zero-order valence-electron chi connectivity index (χ0n) is 10.4. The van der Waals surface area contributed by atoms with E-state index in [1.807, 2.05) is 12.2 Å². The quantitative estimate of drug-likeness (QED) is 0.393. The number of allylic oxidation sites excluding steroid dienone is 2. The molecule has 0 aromatic heterocycles. The van der Waals surface area contributed by atoms with Gasteiger partial charge in [-0.1, -0.05) is 38.8 Å². The van der Waals surface area contributed by atoms with Crippen LogP contribution in [0.25, 0.3) is 0 Å². The van der Waals surface area contributed by atoms with Gasteiger partial charge in [-0.15, -0.1) is 13.2 Å². The molecule has 0 saturated carbocycles. The minimum Gasteiger partial charge on any atom is -0.416 e. The lowest BCUT2D eigenvalue weighted by Gasteiger charge is -2.29. The largest absolute Gasteiger partial charge is 0.416 e. The molecule has 0 aliphatic carbocycles. The van der Waals surface area contributed by atoms with Crippen molar-refractivity contribution in [3.8, 4) is 0 Å². The summed E-state index contributed by atoms with van der Waals surface area (Å²) in [5, 5.41) is 0. The molecule has 0 bridgehead atoms. The number of hydrogen-bond donors (Lipinski definition) is 0. The maximum absolute atomic E-state index is 6.16. The fraction of sp³-hybridized carbons (Fsp3) is 0.692. The third kappa shape index (κ3) is 5.95. The van der Waals surface area contributed by atoms with Crippen molar-refractivity contribution in [2.75, 3.05) is 6.61 Å². The lowest BCUT2D eigenvalue weighted by molar-refractivity contribution is 0.300. The second-order valence-corrected chi connectivity index (χ2v) is 8.09. The molecule has 0 aliphatic rings. The number of hydrogen-bond acceptors (Lipinski definition) is 1. The van der Waals surface area contributed by atoms with Crippen molar-refractivity contribution in [1.82, 2.24) is 0 Å². The van der Waals surface area contributed by atoms with E-state index in [-0.39, 0.29) is 0 Å². The Balaban J connectivity index is 4.38. The van der Waals surface area contributed by atoms with Gasteiger partial charge in [0.05, 0.1) is 0 Å². The summed E-state index contributed by atoms with van der Waals surface area (Å²) in [7, 11) is -1.57. The SMILES string of the molecule is C=CC[Si](CC=C)(CCCC)OCCC. The molecule has 0 N–H and O–H groups in total. The van der Waals surface area contributed by atoms with E-state index in [4.69, 9.17) is 4.43 Å². The van der Waals surface area contributed by atoms with E-state index >= 15 is 0 Å². The minimum absolute atomic E-state index is 0.900. The Morgan fingerprint density at radius 1 is 1.07 bits per heavy atom. The Hall–Kier alpha value is -0.343. The zero-order chi connectivity index (χ0) is 11.6. The number of unbranched alkanes of at least 4 members (excludes halogenated alkanes) is 1. The summed E-state index contributed by atoms with van der Waals surface area (Å²) < 4.78 is 6.16. The molecule has 15 heavy (non-hydrogen) atoms. The van der Waals surface area contributed by atoms with Crippen LogP contribution in [-0.2, 0) is 4.43 Å². The van der Waals surface area contributed by atoms with Crippen LogP contribution in [0.2, 0.25) is 18.1 Å². The predicted octanol–water partition coefficient (Wildman–Crippen LogP) is 4.53. The molecular formula is C13H26OSi. The van der Waals surface area contributed by atoms with E-state index in [0.717, 1.165) is 25.1 Å². The molecule has 0 aliphatic heterocycles. The first-order valence-corrected chi connectivity index (χ1v) is 8.63. The first kappa shape index (κ1) is 14.7. The molecule has 0 saturated heterocycles. The second-order valence-electron chi connectivity index (χ2n) is 4.12. The third-order valence-corrected chi connectivity index (χ3v) is 6.78. The standard InChI is InChI=1S/C13H26OSi/c1-5-9-13-15(11-7-3,12-8-4)14-10-6-2/h7-8H,3-6,9-13H2,1-2H3. The van der Waals surface area contributed by atoms with E-state index in [2.05, 4.69) is 27.0 Å². The minimum atomic E-state index is -1.57. The first-order valence-electron chi connectivity index (χ1n) is 6.10. The summed E-state index contributed by atoms with van der Waals surface area (Å²) in [6, 6.07) is 3.39. The summed E-state index contributed by atoms with van der Waals surface area (Å²) >= 11 is 0. The van der Waals surface area contributed by atoms with E-state index in [1.54, 1.807) is 0 Å². The summed E-state index contributed by atoms with van der Waals surface area (Å²) in [6.45, 7) is 13.0. The van der Waals surface area contributed by atoms with Crippen LogP contribution < -0.4 is 0 Å². The van der Waals surface area contributed by atoms with Gasteiger partial charge < -0.3 is 4.43 Å².